The zero-order chi connectivity index (χ0) is 21.8. The van der Waals surface area contributed by atoms with Crippen LogP contribution in [0.4, 0.5) is 10.6 Å². The number of likely N-dealkylation sites (tertiary alicyclic amines) is 3. The fourth-order valence-electron chi connectivity index (χ4n) is 4.88. The molecule has 0 atom stereocenters. The Morgan fingerprint density at radius 1 is 0.871 bits per heavy atom. The molecule has 1 aromatic heterocycles. The molecular formula is C23H33N5O3. The van der Waals surface area contributed by atoms with Crippen LogP contribution in [0.1, 0.15) is 44.1 Å². The SMILES string of the molecule is Cc1ccnc(NC(=O)C2CCN(C(=O)C3CCN(C(=O)N4CCCC4)CC3)CC2)c1. The first-order valence-electron chi connectivity index (χ1n) is 11.6. The Labute approximate surface area is 184 Å². The van der Waals surface area contributed by atoms with Crippen LogP contribution in [-0.4, -0.2) is 76.8 Å². The molecule has 4 rings (SSSR count). The summed E-state index contributed by atoms with van der Waals surface area (Å²) in [4.78, 5) is 48.1. The number of rotatable bonds is 3. The lowest BCUT2D eigenvalue weighted by Gasteiger charge is -2.38. The van der Waals surface area contributed by atoms with Crippen LogP contribution in [0.15, 0.2) is 18.3 Å². The van der Waals surface area contributed by atoms with Gasteiger partial charge in [-0.15, -0.1) is 0 Å². The van der Waals surface area contributed by atoms with Crippen molar-refractivity contribution in [3.8, 4) is 0 Å². The minimum atomic E-state index is -0.0914. The standard InChI is InChI=1S/C23H33N5O3/c1-17-4-9-24-20(16-17)25-21(29)18-5-12-26(13-6-18)22(30)19-7-14-28(15-8-19)23(31)27-10-2-3-11-27/h4,9,16,18-19H,2-3,5-8,10-15H2,1H3,(H,24,25,29). The van der Waals surface area contributed by atoms with E-state index in [0.29, 0.717) is 44.8 Å². The number of nitrogens with one attached hydrogen (secondary N) is 1. The Morgan fingerprint density at radius 2 is 1.45 bits per heavy atom. The van der Waals surface area contributed by atoms with E-state index in [-0.39, 0.29) is 29.7 Å². The van der Waals surface area contributed by atoms with Gasteiger partial charge in [0.25, 0.3) is 0 Å². The highest BCUT2D eigenvalue weighted by molar-refractivity contribution is 5.92. The maximum absolute atomic E-state index is 13.0. The van der Waals surface area contributed by atoms with E-state index in [1.54, 1.807) is 6.20 Å². The Balaban J connectivity index is 1.21. The quantitative estimate of drug-likeness (QED) is 0.803. The number of anilines is 1. The van der Waals surface area contributed by atoms with Crippen LogP contribution < -0.4 is 5.32 Å². The van der Waals surface area contributed by atoms with Gasteiger partial charge in [-0.2, -0.15) is 0 Å². The van der Waals surface area contributed by atoms with Crippen molar-refractivity contribution in [3.63, 3.8) is 0 Å². The molecule has 3 saturated heterocycles. The average molecular weight is 428 g/mol. The molecule has 0 aromatic carbocycles. The fourth-order valence-corrected chi connectivity index (χ4v) is 4.88. The first-order chi connectivity index (χ1) is 15.0. The first kappa shape index (κ1) is 21.6. The van der Waals surface area contributed by atoms with Gasteiger partial charge >= 0.3 is 6.03 Å². The molecule has 1 N–H and O–H groups in total. The van der Waals surface area contributed by atoms with E-state index in [0.717, 1.165) is 44.3 Å². The van der Waals surface area contributed by atoms with Gasteiger partial charge in [-0.1, -0.05) is 0 Å². The Bertz CT molecular complexity index is 807. The molecule has 31 heavy (non-hydrogen) atoms. The lowest BCUT2D eigenvalue weighted by molar-refractivity contribution is -0.139. The Morgan fingerprint density at radius 3 is 2.10 bits per heavy atom. The first-order valence-corrected chi connectivity index (χ1v) is 11.6. The molecule has 1 aromatic rings. The van der Waals surface area contributed by atoms with Crippen LogP contribution in [0.5, 0.6) is 0 Å². The van der Waals surface area contributed by atoms with Gasteiger partial charge in [0.15, 0.2) is 0 Å². The number of aromatic nitrogens is 1. The molecule has 4 heterocycles. The second kappa shape index (κ2) is 9.66. The number of carbonyl (C=O) groups excluding carboxylic acids is 3. The fraction of sp³-hybridized carbons (Fsp3) is 0.652. The van der Waals surface area contributed by atoms with Gasteiger partial charge in [-0.3, -0.25) is 9.59 Å². The highest BCUT2D eigenvalue weighted by atomic mass is 16.2. The number of hydrogen-bond donors (Lipinski definition) is 1. The van der Waals surface area contributed by atoms with Gasteiger partial charge < -0.3 is 20.0 Å². The lowest BCUT2D eigenvalue weighted by Crippen LogP contribution is -2.49. The van der Waals surface area contributed by atoms with Crippen molar-refractivity contribution in [2.75, 3.05) is 44.6 Å². The van der Waals surface area contributed by atoms with Crippen molar-refractivity contribution >= 4 is 23.7 Å². The highest BCUT2D eigenvalue weighted by Crippen LogP contribution is 2.25. The van der Waals surface area contributed by atoms with Crippen LogP contribution in [0.2, 0.25) is 0 Å². The van der Waals surface area contributed by atoms with Gasteiger partial charge in [0.05, 0.1) is 0 Å². The molecular weight excluding hydrogens is 394 g/mol. The minimum absolute atomic E-state index is 0.00972. The maximum atomic E-state index is 13.0. The molecule has 168 valence electrons. The molecule has 0 radical (unpaired) electrons. The molecule has 8 nitrogen and oxygen atoms in total. The van der Waals surface area contributed by atoms with Crippen LogP contribution in [0.25, 0.3) is 0 Å². The Kier molecular flexibility index (Phi) is 6.73. The second-order valence-electron chi connectivity index (χ2n) is 9.05. The maximum Gasteiger partial charge on any atom is 0.319 e. The zero-order valence-electron chi connectivity index (χ0n) is 18.4. The van der Waals surface area contributed by atoms with Gasteiger partial charge in [0.2, 0.25) is 11.8 Å². The van der Waals surface area contributed by atoms with Crippen LogP contribution in [0.3, 0.4) is 0 Å². The highest BCUT2D eigenvalue weighted by Gasteiger charge is 2.34. The zero-order valence-corrected chi connectivity index (χ0v) is 18.4. The second-order valence-corrected chi connectivity index (χ2v) is 9.05. The summed E-state index contributed by atoms with van der Waals surface area (Å²) >= 11 is 0. The molecule has 0 unspecified atom stereocenters. The molecule has 4 amide bonds. The molecule has 3 aliphatic rings. The summed E-state index contributed by atoms with van der Waals surface area (Å²) in [6.07, 6.45) is 6.70. The third-order valence-electron chi connectivity index (χ3n) is 6.84. The van der Waals surface area contributed by atoms with E-state index in [9.17, 15) is 14.4 Å². The van der Waals surface area contributed by atoms with Gasteiger partial charge in [-0.25, -0.2) is 9.78 Å². The predicted octanol–water partition coefficient (Wildman–Crippen LogP) is 2.49. The largest absolute Gasteiger partial charge is 0.342 e. The van der Waals surface area contributed by atoms with Gasteiger partial charge in [0, 0.05) is 57.3 Å². The van der Waals surface area contributed by atoms with E-state index in [4.69, 9.17) is 0 Å². The van der Waals surface area contributed by atoms with Gasteiger partial charge in [-0.05, 0) is 63.1 Å². The summed E-state index contributed by atoms with van der Waals surface area (Å²) in [6.45, 7) is 6.24. The summed E-state index contributed by atoms with van der Waals surface area (Å²) in [5.74, 6) is 0.654. The number of hydrogen-bond acceptors (Lipinski definition) is 4. The topological polar surface area (TPSA) is 85.9 Å². The van der Waals surface area contributed by atoms with Crippen molar-refractivity contribution in [1.29, 1.82) is 0 Å². The number of urea groups is 1. The van der Waals surface area contributed by atoms with E-state index >= 15 is 0 Å². The van der Waals surface area contributed by atoms with E-state index in [2.05, 4.69) is 10.3 Å². The molecule has 3 aliphatic heterocycles. The van der Waals surface area contributed by atoms with Crippen LogP contribution in [0, 0.1) is 18.8 Å². The summed E-state index contributed by atoms with van der Waals surface area (Å²) in [5, 5.41) is 2.90. The van der Waals surface area contributed by atoms with Crippen molar-refractivity contribution in [3.05, 3.63) is 23.9 Å². The third-order valence-corrected chi connectivity index (χ3v) is 6.84. The van der Waals surface area contributed by atoms with Crippen molar-refractivity contribution in [1.82, 2.24) is 19.7 Å². The smallest absolute Gasteiger partial charge is 0.319 e. The average Bonchev–Trinajstić information content (AvgIpc) is 3.33. The number of aryl methyl sites for hydroxylation is 1. The normalized spacial score (nSPS) is 20.7. The molecule has 0 bridgehead atoms. The summed E-state index contributed by atoms with van der Waals surface area (Å²) < 4.78 is 0. The van der Waals surface area contributed by atoms with E-state index in [1.165, 1.54) is 0 Å². The molecule has 0 saturated carbocycles. The lowest BCUT2D eigenvalue weighted by atomic mass is 9.91. The van der Waals surface area contributed by atoms with Crippen molar-refractivity contribution < 1.29 is 14.4 Å². The minimum Gasteiger partial charge on any atom is -0.342 e. The summed E-state index contributed by atoms with van der Waals surface area (Å²) in [6, 6.07) is 3.89. The van der Waals surface area contributed by atoms with Crippen LogP contribution in [-0.2, 0) is 9.59 Å². The number of pyridine rings is 1. The van der Waals surface area contributed by atoms with Crippen LogP contribution >= 0.6 is 0 Å². The van der Waals surface area contributed by atoms with Crippen molar-refractivity contribution in [2.24, 2.45) is 11.8 Å². The van der Waals surface area contributed by atoms with Crippen molar-refractivity contribution in [2.45, 2.75) is 45.4 Å². The molecule has 0 aliphatic carbocycles. The molecule has 0 spiro atoms. The van der Waals surface area contributed by atoms with Gasteiger partial charge in [0.1, 0.15) is 5.82 Å². The number of nitrogens with zero attached hydrogens (tertiary/aromatic N) is 4. The third kappa shape index (κ3) is 5.17. The number of piperidine rings is 2. The Hall–Kier alpha value is -2.64. The summed E-state index contributed by atoms with van der Waals surface area (Å²) in [5.41, 5.74) is 1.05. The predicted molar refractivity (Wildman–Crippen MR) is 117 cm³/mol. The van der Waals surface area contributed by atoms with E-state index < -0.39 is 0 Å². The van der Waals surface area contributed by atoms with E-state index in [1.807, 2.05) is 33.8 Å². The number of carbonyl (C=O) groups is 3. The molecule has 8 heteroatoms. The number of amides is 4. The molecule has 3 fully saturated rings. The summed E-state index contributed by atoms with van der Waals surface area (Å²) in [7, 11) is 0. The monoisotopic (exact) mass is 427 g/mol.